The van der Waals surface area contributed by atoms with Crippen molar-refractivity contribution in [1.29, 1.82) is 0 Å². The Morgan fingerprint density at radius 3 is 2.62 bits per heavy atom. The summed E-state index contributed by atoms with van der Waals surface area (Å²) in [6.45, 7) is 0.705. The Hall–Kier alpha value is -3.25. The third-order valence-corrected chi connectivity index (χ3v) is 6.66. The van der Waals surface area contributed by atoms with E-state index in [1.165, 1.54) is 47.6 Å². The van der Waals surface area contributed by atoms with Crippen molar-refractivity contribution in [3.63, 3.8) is 0 Å². The highest BCUT2D eigenvalue weighted by molar-refractivity contribution is 7.11. The number of benzene rings is 1. The van der Waals surface area contributed by atoms with Gasteiger partial charge in [-0.3, -0.25) is 9.69 Å². The Labute approximate surface area is 197 Å². The van der Waals surface area contributed by atoms with E-state index in [1.54, 1.807) is 18.5 Å². The van der Waals surface area contributed by atoms with Crippen LogP contribution in [0.2, 0.25) is 0 Å². The highest BCUT2D eigenvalue weighted by Gasteiger charge is 2.49. The fourth-order valence-corrected chi connectivity index (χ4v) is 4.89. The van der Waals surface area contributed by atoms with Crippen LogP contribution >= 0.6 is 11.3 Å². The number of esters is 1. The van der Waals surface area contributed by atoms with Gasteiger partial charge >= 0.3 is 5.97 Å². The number of hydrogen-bond acceptors (Lipinski definition) is 8. The van der Waals surface area contributed by atoms with Crippen molar-refractivity contribution in [2.45, 2.75) is 30.8 Å². The number of carbonyl (C=O) groups is 2. The predicted molar refractivity (Wildman–Crippen MR) is 119 cm³/mol. The second-order valence-corrected chi connectivity index (χ2v) is 9.12. The number of likely N-dealkylation sites (tertiary alicyclic amines) is 1. The van der Waals surface area contributed by atoms with Crippen LogP contribution in [0.3, 0.4) is 0 Å². The van der Waals surface area contributed by atoms with Gasteiger partial charge in [0, 0.05) is 30.2 Å². The molecule has 2 aromatic rings. The number of methoxy groups -OCH3 is 1. The third kappa shape index (κ3) is 4.42. The molecule has 1 amide bonds. The molecule has 12 heteroatoms. The minimum absolute atomic E-state index is 0.0420. The lowest BCUT2D eigenvalue weighted by Crippen LogP contribution is -2.47. The molecule has 0 saturated carbocycles. The minimum Gasteiger partial charge on any atom is -0.466 e. The van der Waals surface area contributed by atoms with Crippen LogP contribution in [-0.4, -0.2) is 59.8 Å². The number of aliphatic imine (C=N–C) groups is 1. The topological polar surface area (TPSA) is 110 Å². The molecule has 34 heavy (non-hydrogen) atoms. The summed E-state index contributed by atoms with van der Waals surface area (Å²) in [5, 5.41) is 5.26. The number of halogens is 3. The first-order valence-corrected chi connectivity index (χ1v) is 11.2. The zero-order chi connectivity index (χ0) is 24.7. The smallest absolute Gasteiger partial charge is 0.338 e. The Kier molecular flexibility index (Phi) is 6.21. The zero-order valence-electron chi connectivity index (χ0n) is 18.3. The average molecular weight is 494 g/mol. The van der Waals surface area contributed by atoms with E-state index in [0.717, 1.165) is 0 Å². The molecule has 3 heterocycles. The van der Waals surface area contributed by atoms with Crippen LogP contribution in [-0.2, 0) is 19.9 Å². The normalized spacial score (nSPS) is 24.5. The highest BCUT2D eigenvalue weighted by Crippen LogP contribution is 2.40. The molecule has 1 saturated heterocycles. The summed E-state index contributed by atoms with van der Waals surface area (Å²) in [5.41, 5.74) is 4.75. The van der Waals surface area contributed by atoms with E-state index >= 15 is 0 Å². The lowest BCUT2D eigenvalue weighted by molar-refractivity contribution is -0.137. The molecule has 0 radical (unpaired) electrons. The first-order chi connectivity index (χ1) is 16.0. The number of carbonyl (C=O) groups excluding carboxylic acids is 2. The number of nitrogens with one attached hydrogen (secondary N) is 1. The largest absolute Gasteiger partial charge is 0.466 e. The molecule has 0 unspecified atom stereocenters. The molecule has 4 rings (SSSR count). The number of amidine groups is 1. The van der Waals surface area contributed by atoms with Gasteiger partial charge in [-0.1, -0.05) is 12.1 Å². The highest BCUT2D eigenvalue weighted by atomic mass is 32.1. The van der Waals surface area contributed by atoms with Crippen molar-refractivity contribution in [3.8, 4) is 0 Å². The maximum atomic E-state index is 14.2. The molecule has 2 aliphatic rings. The summed E-state index contributed by atoms with van der Waals surface area (Å²) in [6.07, 6.45) is 0.856. The lowest BCUT2D eigenvalue weighted by Gasteiger charge is -2.36. The minimum atomic E-state index is -3.12. The maximum Gasteiger partial charge on any atom is 0.338 e. The summed E-state index contributed by atoms with van der Waals surface area (Å²) >= 11 is 1.28. The van der Waals surface area contributed by atoms with Gasteiger partial charge in [-0.15, -0.1) is 11.3 Å². The fourth-order valence-electron chi connectivity index (χ4n) is 4.31. The van der Waals surface area contributed by atoms with Gasteiger partial charge in [-0.25, -0.2) is 27.9 Å². The number of thiazole rings is 1. The first-order valence-electron chi connectivity index (χ1n) is 10.3. The van der Waals surface area contributed by atoms with Gasteiger partial charge in [0.05, 0.1) is 25.3 Å². The Morgan fingerprint density at radius 2 is 2.03 bits per heavy atom. The molecule has 0 spiro atoms. The molecule has 1 aromatic carbocycles. The summed E-state index contributed by atoms with van der Waals surface area (Å²) < 4.78 is 47.1. The van der Waals surface area contributed by atoms with Crippen molar-refractivity contribution in [2.75, 3.05) is 20.2 Å². The van der Waals surface area contributed by atoms with Gasteiger partial charge in [0.1, 0.15) is 11.4 Å². The van der Waals surface area contributed by atoms with Crippen molar-refractivity contribution in [3.05, 3.63) is 63.5 Å². The number of aromatic nitrogens is 1. The number of hydrogen-bond donors (Lipinski definition) is 2. The maximum absolute atomic E-state index is 14.2. The van der Waals surface area contributed by atoms with Gasteiger partial charge in [-0.05, 0) is 24.6 Å². The van der Waals surface area contributed by atoms with Gasteiger partial charge < -0.3 is 15.8 Å². The van der Waals surface area contributed by atoms with Crippen LogP contribution in [0.15, 0.2) is 52.1 Å². The number of nitrogens with zero attached hydrogens (tertiary/aromatic N) is 3. The molecule has 1 aromatic heterocycles. The molecule has 2 aliphatic heterocycles. The number of ether oxygens (including phenoxy) is 1. The van der Waals surface area contributed by atoms with E-state index in [2.05, 4.69) is 10.3 Å². The zero-order valence-corrected chi connectivity index (χ0v) is 19.2. The number of nitrogens with two attached hydrogens (primary N) is 1. The van der Waals surface area contributed by atoms with Crippen LogP contribution in [0, 0.1) is 5.82 Å². The molecule has 0 bridgehead atoms. The third-order valence-electron chi connectivity index (χ3n) is 5.88. The van der Waals surface area contributed by atoms with E-state index < -0.39 is 48.2 Å². The molecular formula is C22H22F3N5O3S. The molecule has 1 fully saturated rings. The van der Waals surface area contributed by atoms with Gasteiger partial charge in [0.25, 0.3) is 5.92 Å². The molecule has 3 N–H and O–H groups in total. The summed E-state index contributed by atoms with van der Waals surface area (Å²) in [4.78, 5) is 35.1. The number of rotatable bonds is 6. The first kappa shape index (κ1) is 23.9. The monoisotopic (exact) mass is 493 g/mol. The van der Waals surface area contributed by atoms with Crippen LogP contribution in [0.4, 0.5) is 13.2 Å². The van der Waals surface area contributed by atoms with Gasteiger partial charge in [-0.2, -0.15) is 0 Å². The Balaban J connectivity index is 1.86. The SMILES string of the molecule is COC(=O)C1=C(CN2CC(F)(F)C[C@H]2C(N)=O)NC(c2nccs2)=N[C@@]1(C)c1ccc(F)cc1. The second kappa shape index (κ2) is 8.84. The molecule has 180 valence electrons. The molecule has 8 nitrogen and oxygen atoms in total. The van der Waals surface area contributed by atoms with E-state index in [4.69, 9.17) is 15.5 Å². The van der Waals surface area contributed by atoms with Crippen LogP contribution in [0.5, 0.6) is 0 Å². The standard InChI is InChI=1S/C22H22F3N5O3S/c1-21(12-3-5-13(23)6-4-12)16(20(32)33-2)14(28-18(29-21)19-27-7-8-34-19)10-30-11-22(24,25)9-15(30)17(26)31/h3-8,15H,9-11H2,1-2H3,(H2,26,31)(H,28,29)/t15-,21-/m0/s1. The lowest BCUT2D eigenvalue weighted by atomic mass is 9.82. The van der Waals surface area contributed by atoms with Crippen molar-refractivity contribution < 1.29 is 27.5 Å². The van der Waals surface area contributed by atoms with Crippen LogP contribution in [0.25, 0.3) is 0 Å². The predicted octanol–water partition coefficient (Wildman–Crippen LogP) is 2.17. The summed E-state index contributed by atoms with van der Waals surface area (Å²) in [5.74, 6) is -4.93. The molecule has 2 atom stereocenters. The van der Waals surface area contributed by atoms with Crippen molar-refractivity contribution >= 4 is 29.0 Å². The quantitative estimate of drug-likeness (QED) is 0.597. The number of alkyl halides is 2. The average Bonchev–Trinajstić information content (AvgIpc) is 3.41. The number of amides is 1. The van der Waals surface area contributed by atoms with Crippen molar-refractivity contribution in [1.82, 2.24) is 15.2 Å². The Morgan fingerprint density at radius 1 is 1.32 bits per heavy atom. The van der Waals surface area contributed by atoms with E-state index in [9.17, 15) is 22.8 Å². The van der Waals surface area contributed by atoms with Gasteiger partial charge in [0.15, 0.2) is 10.8 Å². The van der Waals surface area contributed by atoms with Crippen molar-refractivity contribution in [2.24, 2.45) is 10.7 Å². The molecular weight excluding hydrogens is 471 g/mol. The Bertz CT molecular complexity index is 1170. The second-order valence-electron chi connectivity index (χ2n) is 8.23. The van der Waals surface area contributed by atoms with E-state index in [0.29, 0.717) is 16.4 Å². The molecule has 0 aliphatic carbocycles. The van der Waals surface area contributed by atoms with Crippen LogP contribution in [0.1, 0.15) is 23.9 Å². The fraction of sp³-hybridized carbons (Fsp3) is 0.364. The van der Waals surface area contributed by atoms with Crippen LogP contribution < -0.4 is 11.1 Å². The van der Waals surface area contributed by atoms with E-state index in [-0.39, 0.29) is 17.8 Å². The van der Waals surface area contributed by atoms with E-state index in [1.807, 2.05) is 0 Å². The van der Waals surface area contributed by atoms with Gasteiger partial charge in [0.2, 0.25) is 5.91 Å². The number of primary amides is 1. The summed E-state index contributed by atoms with van der Waals surface area (Å²) in [7, 11) is 1.19. The summed E-state index contributed by atoms with van der Waals surface area (Å²) in [6, 6.07) is 4.23.